The van der Waals surface area contributed by atoms with Crippen molar-refractivity contribution in [3.05, 3.63) is 67.0 Å². The van der Waals surface area contributed by atoms with Crippen LogP contribution in [0.4, 0.5) is 0 Å². The third-order valence-corrected chi connectivity index (χ3v) is 6.04. The molecule has 0 fully saturated rings. The van der Waals surface area contributed by atoms with Gasteiger partial charge in [0.1, 0.15) is 5.56 Å². The molecule has 3 aromatic rings. The Morgan fingerprint density at radius 1 is 1.32 bits per heavy atom. The Labute approximate surface area is 156 Å². The van der Waals surface area contributed by atoms with E-state index in [2.05, 4.69) is 26.2 Å². The molecule has 0 aliphatic heterocycles. The van der Waals surface area contributed by atoms with Crippen LogP contribution in [0.15, 0.2) is 39.7 Å². The normalized spacial score (nSPS) is 13.6. The third-order valence-electron chi connectivity index (χ3n) is 4.39. The van der Waals surface area contributed by atoms with Crippen LogP contribution in [0, 0.1) is 0 Å². The lowest BCUT2D eigenvalue weighted by atomic mass is 10.0. The van der Waals surface area contributed by atoms with Gasteiger partial charge in [-0.05, 0) is 43.4 Å². The number of thiazole rings is 1. The van der Waals surface area contributed by atoms with Crippen LogP contribution in [0.5, 0.6) is 0 Å². The van der Waals surface area contributed by atoms with Crippen LogP contribution in [0.2, 0.25) is 0 Å². The smallest absolute Gasteiger partial charge is 0.271 e. The first-order valence-corrected chi connectivity index (χ1v) is 9.79. The fraction of sp³-hybridized carbons (Fsp3) is 0.278. The summed E-state index contributed by atoms with van der Waals surface area (Å²) in [5, 5.41) is 2.81. The summed E-state index contributed by atoms with van der Waals surface area (Å²) in [6.45, 7) is 0.363. The number of nitrogens with one attached hydrogen (secondary N) is 1. The highest BCUT2D eigenvalue weighted by molar-refractivity contribution is 9.10. The molecule has 128 valence electrons. The molecule has 1 aromatic carbocycles. The number of carbonyl (C=O) groups excluding carboxylic acids is 1. The molecule has 2 heterocycles. The molecule has 0 spiro atoms. The molecule has 0 atom stereocenters. The highest BCUT2D eigenvalue weighted by Gasteiger charge is 2.21. The van der Waals surface area contributed by atoms with E-state index in [4.69, 9.17) is 0 Å². The molecule has 0 unspecified atom stereocenters. The summed E-state index contributed by atoms with van der Waals surface area (Å²) >= 11 is 4.97. The first kappa shape index (κ1) is 16.5. The zero-order chi connectivity index (χ0) is 17.4. The van der Waals surface area contributed by atoms with E-state index in [1.165, 1.54) is 11.1 Å². The Bertz CT molecular complexity index is 1020. The number of carbonyl (C=O) groups is 1. The maximum atomic E-state index is 12.8. The Hall–Kier alpha value is -1.99. The number of hydrogen-bond acceptors (Lipinski definition) is 4. The number of rotatable bonds is 3. The number of halogens is 1. The molecule has 1 amide bonds. The van der Waals surface area contributed by atoms with Crippen LogP contribution in [-0.2, 0) is 19.4 Å². The monoisotopic (exact) mass is 417 g/mol. The number of fused-ring (bicyclic) bond motifs is 3. The summed E-state index contributed by atoms with van der Waals surface area (Å²) in [6.07, 6.45) is 5.49. The van der Waals surface area contributed by atoms with Gasteiger partial charge in [-0.25, -0.2) is 4.98 Å². The molecule has 4 rings (SSSR count). The van der Waals surface area contributed by atoms with Crippen LogP contribution < -0.4 is 10.9 Å². The van der Waals surface area contributed by atoms with Gasteiger partial charge in [-0.1, -0.05) is 28.1 Å². The number of aryl methyl sites for hydroxylation is 2. The van der Waals surface area contributed by atoms with E-state index in [0.717, 1.165) is 41.4 Å². The first-order chi connectivity index (χ1) is 12.1. The van der Waals surface area contributed by atoms with Gasteiger partial charge in [-0.15, -0.1) is 11.3 Å². The minimum Gasteiger partial charge on any atom is -0.348 e. The maximum Gasteiger partial charge on any atom is 0.271 e. The predicted octanol–water partition coefficient (Wildman–Crippen LogP) is 3.33. The minimum absolute atomic E-state index is 0.0960. The molecular formula is C18H16BrN3O2S. The summed E-state index contributed by atoms with van der Waals surface area (Å²) in [5.74, 6) is -0.386. The lowest BCUT2D eigenvalue weighted by Gasteiger charge is -2.10. The van der Waals surface area contributed by atoms with Gasteiger partial charge in [0.05, 0.1) is 0 Å². The first-order valence-electron chi connectivity index (χ1n) is 8.18. The Morgan fingerprint density at radius 2 is 2.16 bits per heavy atom. The number of amides is 1. The van der Waals surface area contributed by atoms with Gasteiger partial charge in [-0.2, -0.15) is 0 Å². The SMILES string of the molecule is O=C(NCc1cccc(Br)c1)c1cnc2sc3c(n2c1=O)CCCC3. The van der Waals surface area contributed by atoms with Crippen LogP contribution in [0.3, 0.4) is 0 Å². The minimum atomic E-state index is -0.386. The molecule has 0 bridgehead atoms. The summed E-state index contributed by atoms with van der Waals surface area (Å²) < 4.78 is 2.58. The Morgan fingerprint density at radius 3 is 3.00 bits per heavy atom. The lowest BCUT2D eigenvalue weighted by molar-refractivity contribution is 0.0949. The fourth-order valence-electron chi connectivity index (χ4n) is 3.15. The molecule has 25 heavy (non-hydrogen) atoms. The molecule has 1 aliphatic carbocycles. The van der Waals surface area contributed by atoms with E-state index >= 15 is 0 Å². The average molecular weight is 418 g/mol. The van der Waals surface area contributed by atoms with Gasteiger partial charge in [0.15, 0.2) is 4.96 Å². The van der Waals surface area contributed by atoms with Crippen LogP contribution in [-0.4, -0.2) is 15.3 Å². The zero-order valence-electron chi connectivity index (χ0n) is 13.4. The van der Waals surface area contributed by atoms with Crippen molar-refractivity contribution < 1.29 is 4.79 Å². The molecule has 2 aromatic heterocycles. The third kappa shape index (κ3) is 3.14. The average Bonchev–Trinajstić information content (AvgIpc) is 2.99. The van der Waals surface area contributed by atoms with Gasteiger partial charge >= 0.3 is 0 Å². The van der Waals surface area contributed by atoms with E-state index < -0.39 is 0 Å². The van der Waals surface area contributed by atoms with E-state index in [-0.39, 0.29) is 17.0 Å². The molecule has 0 saturated heterocycles. The molecule has 0 saturated carbocycles. The Kier molecular flexibility index (Phi) is 4.43. The van der Waals surface area contributed by atoms with E-state index in [0.29, 0.717) is 11.5 Å². The zero-order valence-corrected chi connectivity index (χ0v) is 15.8. The van der Waals surface area contributed by atoms with Crippen molar-refractivity contribution in [3.63, 3.8) is 0 Å². The molecular weight excluding hydrogens is 402 g/mol. The largest absolute Gasteiger partial charge is 0.348 e. The number of hydrogen-bond donors (Lipinski definition) is 1. The van der Waals surface area contributed by atoms with Gasteiger partial charge < -0.3 is 5.32 Å². The highest BCUT2D eigenvalue weighted by atomic mass is 79.9. The van der Waals surface area contributed by atoms with Crippen molar-refractivity contribution in [1.29, 1.82) is 0 Å². The summed E-state index contributed by atoms with van der Waals surface area (Å²) in [7, 11) is 0. The van der Waals surface area contributed by atoms with Crippen LogP contribution in [0.25, 0.3) is 4.96 Å². The number of benzene rings is 1. The van der Waals surface area contributed by atoms with Crippen LogP contribution >= 0.6 is 27.3 Å². The van der Waals surface area contributed by atoms with Crippen molar-refractivity contribution in [1.82, 2.24) is 14.7 Å². The number of aromatic nitrogens is 2. The Balaban J connectivity index is 1.63. The lowest BCUT2D eigenvalue weighted by Crippen LogP contribution is -2.31. The van der Waals surface area contributed by atoms with Crippen molar-refractivity contribution in [2.45, 2.75) is 32.2 Å². The summed E-state index contributed by atoms with van der Waals surface area (Å²) in [4.78, 5) is 31.6. The summed E-state index contributed by atoms with van der Waals surface area (Å²) in [5.41, 5.74) is 1.82. The molecule has 0 radical (unpaired) electrons. The van der Waals surface area contributed by atoms with Crippen molar-refractivity contribution in [2.75, 3.05) is 0 Å². The van der Waals surface area contributed by atoms with E-state index in [1.807, 2.05) is 24.3 Å². The molecule has 5 nitrogen and oxygen atoms in total. The van der Waals surface area contributed by atoms with Crippen molar-refractivity contribution in [2.24, 2.45) is 0 Å². The van der Waals surface area contributed by atoms with E-state index in [9.17, 15) is 9.59 Å². The second kappa shape index (κ2) is 6.72. The summed E-state index contributed by atoms with van der Waals surface area (Å²) in [6, 6.07) is 7.69. The van der Waals surface area contributed by atoms with E-state index in [1.54, 1.807) is 15.7 Å². The van der Waals surface area contributed by atoms with Gasteiger partial charge in [0, 0.05) is 27.8 Å². The van der Waals surface area contributed by atoms with Gasteiger partial charge in [0.25, 0.3) is 11.5 Å². The van der Waals surface area contributed by atoms with Gasteiger partial charge in [-0.3, -0.25) is 14.0 Å². The fourth-order valence-corrected chi connectivity index (χ4v) is 4.76. The number of nitrogens with zero attached hydrogens (tertiary/aromatic N) is 2. The van der Waals surface area contributed by atoms with Gasteiger partial charge in [0.2, 0.25) is 0 Å². The van der Waals surface area contributed by atoms with Crippen molar-refractivity contribution >= 4 is 38.1 Å². The topological polar surface area (TPSA) is 63.5 Å². The quantitative estimate of drug-likeness (QED) is 0.710. The molecule has 7 heteroatoms. The second-order valence-corrected chi connectivity index (χ2v) is 8.06. The molecule has 1 aliphatic rings. The van der Waals surface area contributed by atoms with Crippen molar-refractivity contribution in [3.8, 4) is 0 Å². The standard InChI is InChI=1S/C18H16BrN3O2S/c19-12-5-3-4-11(8-12)9-20-16(23)13-10-21-18-22(17(13)24)14-6-1-2-7-15(14)25-18/h3-5,8,10H,1-2,6-7,9H2,(H,20,23). The molecule has 1 N–H and O–H groups in total. The predicted molar refractivity (Wildman–Crippen MR) is 101 cm³/mol. The maximum absolute atomic E-state index is 12.8. The highest BCUT2D eigenvalue weighted by Crippen LogP contribution is 2.28. The van der Waals surface area contributed by atoms with Crippen LogP contribution in [0.1, 0.15) is 39.3 Å². The second-order valence-electron chi connectivity index (χ2n) is 6.09.